The van der Waals surface area contributed by atoms with Gasteiger partial charge < -0.3 is 10.2 Å². The molecule has 2 N–H and O–H groups in total. The van der Waals surface area contributed by atoms with Gasteiger partial charge in [0.25, 0.3) is 0 Å². The molecule has 0 amide bonds. The zero-order valence-corrected chi connectivity index (χ0v) is 14.9. The van der Waals surface area contributed by atoms with E-state index in [-0.39, 0.29) is 6.42 Å². The van der Waals surface area contributed by atoms with Gasteiger partial charge in [0, 0.05) is 0 Å². The lowest BCUT2D eigenvalue weighted by molar-refractivity contribution is -0.139. The maximum Gasteiger partial charge on any atom is 0.305 e. The normalized spacial score (nSPS) is 13.1. The van der Waals surface area contributed by atoms with E-state index in [0.717, 1.165) is 25.7 Å². The van der Waals surface area contributed by atoms with Crippen molar-refractivity contribution in [2.45, 2.75) is 96.5 Å². The molecule has 0 aliphatic rings. The van der Waals surface area contributed by atoms with Crippen LogP contribution in [0.1, 0.15) is 90.4 Å². The maximum absolute atomic E-state index is 10.4. The standard InChI is InChI=1S/C20H36O3/c1-2-3-4-5-6-7-8-9-10-11-12-13-14-15-16-17-19(21)18-20(22)23/h6-7,9-10,19,21H,2-5,8,11-18H2,1H3,(H,22,23)/b7-6-,10-9-. The smallest absolute Gasteiger partial charge is 0.305 e. The van der Waals surface area contributed by atoms with Crippen LogP contribution in [0, 0.1) is 0 Å². The predicted octanol–water partition coefficient (Wildman–Crippen LogP) is 5.64. The van der Waals surface area contributed by atoms with Crippen molar-refractivity contribution in [2.75, 3.05) is 0 Å². The van der Waals surface area contributed by atoms with Crippen molar-refractivity contribution in [2.24, 2.45) is 0 Å². The molecule has 0 spiro atoms. The summed E-state index contributed by atoms with van der Waals surface area (Å²) in [5.74, 6) is -0.917. The number of hydrogen-bond donors (Lipinski definition) is 2. The Bertz CT molecular complexity index is 321. The lowest BCUT2D eigenvalue weighted by atomic mass is 10.1. The Morgan fingerprint density at radius 2 is 1.43 bits per heavy atom. The summed E-state index contributed by atoms with van der Waals surface area (Å²) in [6.45, 7) is 2.23. The molecule has 0 saturated heterocycles. The molecule has 1 atom stereocenters. The molecule has 0 rings (SSSR count). The van der Waals surface area contributed by atoms with Gasteiger partial charge in [-0.3, -0.25) is 4.79 Å². The van der Waals surface area contributed by atoms with Gasteiger partial charge in [0.05, 0.1) is 12.5 Å². The third-order valence-corrected chi connectivity index (χ3v) is 3.90. The fourth-order valence-electron chi connectivity index (χ4n) is 2.50. The first-order valence-corrected chi connectivity index (χ1v) is 9.36. The number of carboxylic acids is 1. The van der Waals surface area contributed by atoms with Gasteiger partial charge in [-0.2, -0.15) is 0 Å². The Balaban J connectivity index is 3.26. The fourth-order valence-corrected chi connectivity index (χ4v) is 2.50. The summed E-state index contributed by atoms with van der Waals surface area (Å²) in [6, 6.07) is 0. The number of carboxylic acid groups (broad SMARTS) is 1. The summed E-state index contributed by atoms with van der Waals surface area (Å²) in [7, 11) is 0. The van der Waals surface area contributed by atoms with Crippen LogP contribution in [-0.2, 0) is 4.79 Å². The van der Waals surface area contributed by atoms with Crippen LogP contribution in [0.4, 0.5) is 0 Å². The van der Waals surface area contributed by atoms with Crippen molar-refractivity contribution in [1.82, 2.24) is 0 Å². The zero-order valence-electron chi connectivity index (χ0n) is 14.9. The van der Waals surface area contributed by atoms with Crippen molar-refractivity contribution in [3.05, 3.63) is 24.3 Å². The molecule has 0 heterocycles. The summed E-state index contributed by atoms with van der Waals surface area (Å²) in [5.41, 5.74) is 0. The van der Waals surface area contributed by atoms with Crippen LogP contribution >= 0.6 is 0 Å². The molecule has 23 heavy (non-hydrogen) atoms. The van der Waals surface area contributed by atoms with E-state index in [1.165, 1.54) is 44.9 Å². The zero-order chi connectivity index (χ0) is 17.2. The maximum atomic E-state index is 10.4. The highest BCUT2D eigenvalue weighted by molar-refractivity contribution is 5.67. The number of allylic oxidation sites excluding steroid dienone is 4. The molecule has 0 radical (unpaired) electrons. The molecule has 0 aliphatic carbocycles. The molecule has 0 fully saturated rings. The van der Waals surface area contributed by atoms with Crippen LogP contribution < -0.4 is 0 Å². The Morgan fingerprint density at radius 3 is 2.04 bits per heavy atom. The summed E-state index contributed by atoms with van der Waals surface area (Å²) in [4.78, 5) is 10.4. The van der Waals surface area contributed by atoms with Crippen LogP contribution in [0.25, 0.3) is 0 Å². The minimum absolute atomic E-state index is 0.127. The molecule has 0 aromatic rings. The van der Waals surface area contributed by atoms with Gasteiger partial charge in [0.2, 0.25) is 0 Å². The average molecular weight is 325 g/mol. The van der Waals surface area contributed by atoms with E-state index in [9.17, 15) is 9.90 Å². The van der Waals surface area contributed by atoms with Gasteiger partial charge >= 0.3 is 5.97 Å². The summed E-state index contributed by atoms with van der Waals surface area (Å²) < 4.78 is 0. The second-order valence-corrected chi connectivity index (χ2v) is 6.27. The van der Waals surface area contributed by atoms with Crippen LogP contribution in [0.2, 0.25) is 0 Å². The topological polar surface area (TPSA) is 57.5 Å². The van der Waals surface area contributed by atoms with Crippen molar-refractivity contribution >= 4 is 5.97 Å². The molecule has 134 valence electrons. The van der Waals surface area contributed by atoms with Crippen molar-refractivity contribution in [3.8, 4) is 0 Å². The minimum atomic E-state index is -0.917. The lowest BCUT2D eigenvalue weighted by Crippen LogP contribution is -2.12. The minimum Gasteiger partial charge on any atom is -0.481 e. The molecule has 0 aromatic heterocycles. The number of carbonyl (C=O) groups is 1. The van der Waals surface area contributed by atoms with E-state index in [1.54, 1.807) is 0 Å². The third kappa shape index (κ3) is 18.9. The Kier molecular flexibility index (Phi) is 16.4. The first-order chi connectivity index (χ1) is 11.2. The second kappa shape index (κ2) is 17.3. The van der Waals surface area contributed by atoms with Gasteiger partial charge in [-0.05, 0) is 38.5 Å². The van der Waals surface area contributed by atoms with Crippen molar-refractivity contribution in [1.29, 1.82) is 0 Å². The number of aliphatic hydroxyl groups excluding tert-OH is 1. The molecule has 3 nitrogen and oxygen atoms in total. The van der Waals surface area contributed by atoms with Crippen molar-refractivity contribution < 1.29 is 15.0 Å². The largest absolute Gasteiger partial charge is 0.481 e. The van der Waals surface area contributed by atoms with Gasteiger partial charge in [-0.1, -0.05) is 69.8 Å². The van der Waals surface area contributed by atoms with Crippen LogP contribution in [-0.4, -0.2) is 22.3 Å². The highest BCUT2D eigenvalue weighted by atomic mass is 16.4. The first-order valence-electron chi connectivity index (χ1n) is 9.36. The molecular weight excluding hydrogens is 288 g/mol. The van der Waals surface area contributed by atoms with E-state index in [2.05, 4.69) is 31.2 Å². The quantitative estimate of drug-likeness (QED) is 0.285. The molecule has 0 bridgehead atoms. The Hall–Kier alpha value is -1.09. The van der Waals surface area contributed by atoms with Crippen molar-refractivity contribution in [3.63, 3.8) is 0 Å². The van der Waals surface area contributed by atoms with E-state index in [0.29, 0.717) is 6.42 Å². The highest BCUT2D eigenvalue weighted by Gasteiger charge is 2.08. The predicted molar refractivity (Wildman–Crippen MR) is 97.6 cm³/mol. The van der Waals surface area contributed by atoms with Crippen LogP contribution in [0.3, 0.4) is 0 Å². The van der Waals surface area contributed by atoms with Gasteiger partial charge in [-0.15, -0.1) is 0 Å². The Morgan fingerprint density at radius 1 is 0.870 bits per heavy atom. The summed E-state index contributed by atoms with van der Waals surface area (Å²) in [6.07, 6.45) is 21.8. The number of unbranched alkanes of at least 4 members (excludes halogenated alkanes) is 8. The van der Waals surface area contributed by atoms with E-state index in [1.807, 2.05) is 0 Å². The van der Waals surface area contributed by atoms with E-state index >= 15 is 0 Å². The van der Waals surface area contributed by atoms with Gasteiger partial charge in [0.1, 0.15) is 0 Å². The summed E-state index contributed by atoms with van der Waals surface area (Å²) >= 11 is 0. The number of hydrogen-bond acceptors (Lipinski definition) is 2. The summed E-state index contributed by atoms with van der Waals surface area (Å²) in [5, 5.41) is 18.0. The fraction of sp³-hybridized carbons (Fsp3) is 0.750. The Labute approximate surface area is 142 Å². The van der Waals surface area contributed by atoms with E-state index < -0.39 is 12.1 Å². The molecule has 0 saturated carbocycles. The lowest BCUT2D eigenvalue weighted by Gasteiger charge is -2.06. The number of aliphatic hydroxyl groups is 1. The number of rotatable bonds is 16. The second-order valence-electron chi connectivity index (χ2n) is 6.27. The molecule has 0 aliphatic heterocycles. The number of aliphatic carboxylic acids is 1. The highest BCUT2D eigenvalue weighted by Crippen LogP contribution is 2.10. The monoisotopic (exact) mass is 324 g/mol. The average Bonchev–Trinajstić information content (AvgIpc) is 2.50. The SMILES string of the molecule is CCCCC/C=C\C/C=C\CCCCCCCC(O)CC(=O)O. The molecule has 1 unspecified atom stereocenters. The molecule has 0 aromatic carbocycles. The van der Waals surface area contributed by atoms with Crippen LogP contribution in [0.5, 0.6) is 0 Å². The van der Waals surface area contributed by atoms with E-state index in [4.69, 9.17) is 5.11 Å². The molecule has 3 heteroatoms. The molecular formula is C20H36O3. The van der Waals surface area contributed by atoms with Gasteiger partial charge in [0.15, 0.2) is 0 Å². The first kappa shape index (κ1) is 21.9. The van der Waals surface area contributed by atoms with Gasteiger partial charge in [-0.25, -0.2) is 0 Å². The van der Waals surface area contributed by atoms with Crippen LogP contribution in [0.15, 0.2) is 24.3 Å². The third-order valence-electron chi connectivity index (χ3n) is 3.90.